The molecule has 2 heterocycles. The summed E-state index contributed by atoms with van der Waals surface area (Å²) in [6, 6.07) is 2.21. The van der Waals surface area contributed by atoms with E-state index in [1.165, 1.54) is 0 Å². The van der Waals surface area contributed by atoms with Crippen LogP contribution in [0.15, 0.2) is 12.3 Å². The second-order valence-corrected chi connectivity index (χ2v) is 5.97. The molecular weight excluding hydrogens is 254 g/mol. The van der Waals surface area contributed by atoms with Crippen LogP contribution in [0.1, 0.15) is 33.2 Å². The highest BCUT2D eigenvalue weighted by molar-refractivity contribution is 5.91. The number of anilines is 1. The highest BCUT2D eigenvalue weighted by Gasteiger charge is 2.24. The molecule has 1 amide bonds. The van der Waals surface area contributed by atoms with Crippen LogP contribution in [-0.4, -0.2) is 46.3 Å². The Hall–Kier alpha value is -1.40. The van der Waals surface area contributed by atoms with Crippen molar-refractivity contribution in [1.82, 2.24) is 14.7 Å². The van der Waals surface area contributed by atoms with E-state index in [0.717, 1.165) is 25.3 Å². The van der Waals surface area contributed by atoms with Gasteiger partial charge >= 0.3 is 0 Å². The summed E-state index contributed by atoms with van der Waals surface area (Å²) in [5.41, 5.74) is 6.06. The van der Waals surface area contributed by atoms with Crippen LogP contribution in [-0.2, 0) is 4.79 Å². The third kappa shape index (κ3) is 3.58. The molecule has 1 aliphatic heterocycles. The Labute approximate surface area is 120 Å². The number of aromatic nitrogens is 2. The van der Waals surface area contributed by atoms with Crippen LogP contribution in [0.5, 0.6) is 0 Å². The lowest BCUT2D eigenvalue weighted by Crippen LogP contribution is -2.49. The van der Waals surface area contributed by atoms with Gasteiger partial charge in [0, 0.05) is 24.7 Å². The molecule has 0 spiro atoms. The Morgan fingerprint density at radius 2 is 2.35 bits per heavy atom. The van der Waals surface area contributed by atoms with E-state index in [-0.39, 0.29) is 18.0 Å². The van der Waals surface area contributed by atoms with Crippen molar-refractivity contribution in [3.05, 3.63) is 12.3 Å². The topological polar surface area (TPSA) is 76.2 Å². The molecule has 1 aromatic heterocycles. The average molecular weight is 279 g/mol. The van der Waals surface area contributed by atoms with Crippen LogP contribution in [0.3, 0.4) is 0 Å². The molecule has 0 aromatic carbocycles. The predicted molar refractivity (Wildman–Crippen MR) is 79.4 cm³/mol. The summed E-state index contributed by atoms with van der Waals surface area (Å²) in [5, 5.41) is 7.13. The molecule has 20 heavy (non-hydrogen) atoms. The number of nitrogens with one attached hydrogen (secondary N) is 1. The van der Waals surface area contributed by atoms with E-state index < -0.39 is 0 Å². The largest absolute Gasteiger partial charge is 0.326 e. The Balaban J connectivity index is 1.88. The SMILES string of the molecule is CC1CCN(CC(=O)Nc2ccnn2C(C)C)CC1N. The highest BCUT2D eigenvalue weighted by atomic mass is 16.2. The monoisotopic (exact) mass is 279 g/mol. The zero-order valence-corrected chi connectivity index (χ0v) is 12.5. The molecule has 112 valence electrons. The van der Waals surface area contributed by atoms with E-state index in [1.54, 1.807) is 6.20 Å². The molecule has 3 N–H and O–H groups in total. The Bertz CT molecular complexity index is 456. The van der Waals surface area contributed by atoms with E-state index in [9.17, 15) is 4.79 Å². The molecule has 6 nitrogen and oxygen atoms in total. The number of piperidine rings is 1. The van der Waals surface area contributed by atoms with Gasteiger partial charge in [0.15, 0.2) is 0 Å². The van der Waals surface area contributed by atoms with Gasteiger partial charge in [0.25, 0.3) is 0 Å². The van der Waals surface area contributed by atoms with Gasteiger partial charge in [0.1, 0.15) is 5.82 Å². The van der Waals surface area contributed by atoms with Crippen LogP contribution in [0.25, 0.3) is 0 Å². The van der Waals surface area contributed by atoms with Gasteiger partial charge in [-0.1, -0.05) is 6.92 Å². The second-order valence-electron chi connectivity index (χ2n) is 5.97. The third-order valence-electron chi connectivity index (χ3n) is 3.89. The van der Waals surface area contributed by atoms with Gasteiger partial charge in [0.05, 0.1) is 12.7 Å². The van der Waals surface area contributed by atoms with Crippen molar-refractivity contribution in [2.75, 3.05) is 25.0 Å². The molecule has 1 fully saturated rings. The van der Waals surface area contributed by atoms with Crippen LogP contribution in [0, 0.1) is 5.92 Å². The maximum atomic E-state index is 12.1. The van der Waals surface area contributed by atoms with Crippen molar-refractivity contribution in [3.63, 3.8) is 0 Å². The Morgan fingerprint density at radius 1 is 1.60 bits per heavy atom. The van der Waals surface area contributed by atoms with Gasteiger partial charge < -0.3 is 11.1 Å². The van der Waals surface area contributed by atoms with Gasteiger partial charge in [0.2, 0.25) is 5.91 Å². The average Bonchev–Trinajstić information content (AvgIpc) is 2.82. The molecule has 1 aromatic rings. The molecule has 6 heteroatoms. The fraction of sp³-hybridized carbons (Fsp3) is 0.714. The number of hydrogen-bond donors (Lipinski definition) is 2. The van der Waals surface area contributed by atoms with E-state index in [4.69, 9.17) is 5.73 Å². The highest BCUT2D eigenvalue weighted by Crippen LogP contribution is 2.16. The van der Waals surface area contributed by atoms with Gasteiger partial charge in [-0.3, -0.25) is 9.69 Å². The summed E-state index contributed by atoms with van der Waals surface area (Å²) >= 11 is 0. The number of nitrogens with zero attached hydrogens (tertiary/aromatic N) is 3. The standard InChI is InChI=1S/C14H25N5O/c1-10(2)19-13(4-6-16-19)17-14(20)9-18-7-5-11(3)12(15)8-18/h4,6,10-12H,5,7-9,15H2,1-3H3,(H,17,20). The second kappa shape index (κ2) is 6.37. The third-order valence-corrected chi connectivity index (χ3v) is 3.89. The minimum atomic E-state index is -0.00541. The van der Waals surface area contributed by atoms with Gasteiger partial charge in [-0.05, 0) is 32.7 Å². The Morgan fingerprint density at radius 3 is 3.00 bits per heavy atom. The summed E-state index contributed by atoms with van der Waals surface area (Å²) in [5.74, 6) is 1.28. The maximum absolute atomic E-state index is 12.1. The molecule has 0 aliphatic carbocycles. The normalized spacial score (nSPS) is 24.1. The number of carbonyl (C=O) groups excluding carboxylic acids is 1. The van der Waals surface area contributed by atoms with Crippen molar-refractivity contribution >= 4 is 11.7 Å². The fourth-order valence-corrected chi connectivity index (χ4v) is 2.52. The van der Waals surface area contributed by atoms with Gasteiger partial charge in [-0.15, -0.1) is 0 Å². The van der Waals surface area contributed by atoms with Gasteiger partial charge in [-0.25, -0.2) is 4.68 Å². The number of carbonyl (C=O) groups is 1. The van der Waals surface area contributed by atoms with Crippen molar-refractivity contribution < 1.29 is 4.79 Å². The van der Waals surface area contributed by atoms with Crippen LogP contribution >= 0.6 is 0 Å². The number of nitrogens with two attached hydrogens (primary N) is 1. The van der Waals surface area contributed by atoms with E-state index >= 15 is 0 Å². The molecule has 0 radical (unpaired) electrons. The minimum absolute atomic E-state index is 0.00541. The van der Waals surface area contributed by atoms with Gasteiger partial charge in [-0.2, -0.15) is 5.10 Å². The van der Waals surface area contributed by atoms with Crippen molar-refractivity contribution in [2.45, 2.75) is 39.3 Å². The van der Waals surface area contributed by atoms with Crippen LogP contribution in [0.4, 0.5) is 5.82 Å². The molecular formula is C14H25N5O. The van der Waals surface area contributed by atoms with E-state index in [0.29, 0.717) is 12.5 Å². The van der Waals surface area contributed by atoms with E-state index in [2.05, 4.69) is 22.2 Å². The zero-order valence-electron chi connectivity index (χ0n) is 12.5. The molecule has 2 atom stereocenters. The van der Waals surface area contributed by atoms with Crippen LogP contribution < -0.4 is 11.1 Å². The Kier molecular flexibility index (Phi) is 4.77. The maximum Gasteiger partial charge on any atom is 0.239 e. The summed E-state index contributed by atoms with van der Waals surface area (Å²) in [7, 11) is 0. The lowest BCUT2D eigenvalue weighted by Gasteiger charge is -2.34. The molecule has 2 unspecified atom stereocenters. The van der Waals surface area contributed by atoms with Crippen molar-refractivity contribution in [3.8, 4) is 0 Å². The lowest BCUT2D eigenvalue weighted by molar-refractivity contribution is -0.117. The fourth-order valence-electron chi connectivity index (χ4n) is 2.52. The predicted octanol–water partition coefficient (Wildman–Crippen LogP) is 1.07. The number of hydrogen-bond acceptors (Lipinski definition) is 4. The molecule has 2 rings (SSSR count). The first-order chi connectivity index (χ1) is 9.47. The first kappa shape index (κ1) is 15.0. The number of likely N-dealkylation sites (tertiary alicyclic amines) is 1. The van der Waals surface area contributed by atoms with Crippen molar-refractivity contribution in [2.24, 2.45) is 11.7 Å². The zero-order chi connectivity index (χ0) is 14.7. The molecule has 1 aliphatic rings. The minimum Gasteiger partial charge on any atom is -0.326 e. The first-order valence-corrected chi connectivity index (χ1v) is 7.28. The smallest absolute Gasteiger partial charge is 0.239 e. The summed E-state index contributed by atoms with van der Waals surface area (Å²) < 4.78 is 1.81. The summed E-state index contributed by atoms with van der Waals surface area (Å²) in [6.07, 6.45) is 2.76. The lowest BCUT2D eigenvalue weighted by atomic mass is 9.94. The van der Waals surface area contributed by atoms with Crippen molar-refractivity contribution in [1.29, 1.82) is 0 Å². The molecule has 0 bridgehead atoms. The molecule has 1 saturated heterocycles. The summed E-state index contributed by atoms with van der Waals surface area (Å²) in [6.45, 7) is 8.36. The van der Waals surface area contributed by atoms with Crippen LogP contribution in [0.2, 0.25) is 0 Å². The number of rotatable bonds is 4. The number of amides is 1. The first-order valence-electron chi connectivity index (χ1n) is 7.28. The quantitative estimate of drug-likeness (QED) is 0.864. The molecule has 0 saturated carbocycles. The summed E-state index contributed by atoms with van der Waals surface area (Å²) in [4.78, 5) is 14.2. The van der Waals surface area contributed by atoms with E-state index in [1.807, 2.05) is 24.6 Å².